The first-order valence-corrected chi connectivity index (χ1v) is 7.91. The van der Waals surface area contributed by atoms with Crippen LogP contribution in [0.2, 0.25) is 5.02 Å². The van der Waals surface area contributed by atoms with Gasteiger partial charge >= 0.3 is 6.09 Å². The molecule has 4 nitrogen and oxygen atoms in total. The van der Waals surface area contributed by atoms with Crippen LogP contribution in [0, 0.1) is 11.8 Å². The molecule has 0 radical (unpaired) electrons. The maximum atomic E-state index is 11.6. The van der Waals surface area contributed by atoms with Gasteiger partial charge in [0.2, 0.25) is 0 Å². The molecular formula is C17H19ClN2O2. The lowest BCUT2D eigenvalue weighted by Gasteiger charge is -2.38. The zero-order chi connectivity index (χ0) is 15.5. The van der Waals surface area contributed by atoms with E-state index in [0.29, 0.717) is 17.6 Å². The number of methoxy groups -OCH3 is 1. The number of fused-ring (bicyclic) bond motifs is 1. The van der Waals surface area contributed by atoms with Crippen LogP contribution in [-0.2, 0) is 4.74 Å². The van der Waals surface area contributed by atoms with Crippen molar-refractivity contribution in [1.29, 1.82) is 0 Å². The van der Waals surface area contributed by atoms with Gasteiger partial charge in [-0.25, -0.2) is 4.79 Å². The second-order valence-electron chi connectivity index (χ2n) is 5.68. The van der Waals surface area contributed by atoms with Gasteiger partial charge in [-0.3, -0.25) is 4.90 Å². The van der Waals surface area contributed by atoms with E-state index in [1.807, 2.05) is 24.3 Å². The number of rotatable bonds is 0. The van der Waals surface area contributed by atoms with Gasteiger partial charge in [0.1, 0.15) is 0 Å². The summed E-state index contributed by atoms with van der Waals surface area (Å²) in [5, 5.41) is 0.711. The molecule has 2 aliphatic rings. The Morgan fingerprint density at radius 2 is 2.23 bits per heavy atom. The second kappa shape index (κ2) is 6.60. The van der Waals surface area contributed by atoms with Gasteiger partial charge in [0, 0.05) is 36.3 Å². The Balaban J connectivity index is 1.66. The van der Waals surface area contributed by atoms with E-state index in [1.165, 1.54) is 7.11 Å². The molecule has 22 heavy (non-hydrogen) atoms. The summed E-state index contributed by atoms with van der Waals surface area (Å²) in [4.78, 5) is 15.8. The lowest BCUT2D eigenvalue weighted by atomic mass is 10.1. The molecule has 0 aromatic heterocycles. The van der Waals surface area contributed by atoms with Gasteiger partial charge in [-0.15, -0.1) is 0 Å². The van der Waals surface area contributed by atoms with E-state index in [9.17, 15) is 4.79 Å². The van der Waals surface area contributed by atoms with Crippen LogP contribution < -0.4 is 0 Å². The lowest BCUT2D eigenvalue weighted by Crippen LogP contribution is -2.53. The second-order valence-corrected chi connectivity index (χ2v) is 6.12. The molecule has 1 aromatic rings. The molecule has 3 rings (SSSR count). The molecule has 0 N–H and O–H groups in total. The van der Waals surface area contributed by atoms with Crippen molar-refractivity contribution < 1.29 is 9.53 Å². The minimum atomic E-state index is -0.229. The summed E-state index contributed by atoms with van der Waals surface area (Å²) < 4.78 is 4.81. The summed E-state index contributed by atoms with van der Waals surface area (Å²) >= 11 is 5.98. The topological polar surface area (TPSA) is 32.8 Å². The number of nitrogens with zero attached hydrogens (tertiary/aromatic N) is 2. The fourth-order valence-electron chi connectivity index (χ4n) is 3.24. The standard InChI is InChI=1S/C17H19ClN2O2/c1-22-17(21)19-9-10-20-15(7-8-16(20)12-19)6-5-13-3-2-4-14(18)11-13/h2-4,11,15-16H,7-10,12H2,1H3. The molecule has 2 fully saturated rings. The Bertz CT molecular complexity index is 623. The van der Waals surface area contributed by atoms with Crippen LogP contribution in [0.25, 0.3) is 0 Å². The number of carbonyl (C=O) groups is 1. The molecule has 2 aliphatic heterocycles. The Morgan fingerprint density at radius 1 is 1.36 bits per heavy atom. The van der Waals surface area contributed by atoms with Crippen LogP contribution in [0.4, 0.5) is 4.79 Å². The zero-order valence-electron chi connectivity index (χ0n) is 12.6. The van der Waals surface area contributed by atoms with Crippen molar-refractivity contribution in [3.05, 3.63) is 34.9 Å². The summed E-state index contributed by atoms with van der Waals surface area (Å²) in [6.07, 6.45) is 1.89. The minimum absolute atomic E-state index is 0.229. The summed E-state index contributed by atoms with van der Waals surface area (Å²) in [6.45, 7) is 2.30. The van der Waals surface area contributed by atoms with Gasteiger partial charge in [0.05, 0.1) is 13.2 Å². The number of amides is 1. The monoisotopic (exact) mass is 318 g/mol. The predicted molar refractivity (Wildman–Crippen MR) is 85.8 cm³/mol. The van der Waals surface area contributed by atoms with E-state index in [2.05, 4.69) is 16.7 Å². The third-order valence-electron chi connectivity index (χ3n) is 4.34. The molecule has 2 heterocycles. The minimum Gasteiger partial charge on any atom is -0.453 e. The number of ether oxygens (including phenoxy) is 1. The summed E-state index contributed by atoms with van der Waals surface area (Å²) in [7, 11) is 1.43. The van der Waals surface area contributed by atoms with Crippen LogP contribution in [0.3, 0.4) is 0 Å². The molecular weight excluding hydrogens is 300 g/mol. The quantitative estimate of drug-likeness (QED) is 0.689. The number of halogens is 1. The Morgan fingerprint density at radius 3 is 3.00 bits per heavy atom. The molecule has 5 heteroatoms. The third-order valence-corrected chi connectivity index (χ3v) is 4.58. The highest BCUT2D eigenvalue weighted by Crippen LogP contribution is 2.27. The van der Waals surface area contributed by atoms with Gasteiger partial charge in [-0.2, -0.15) is 0 Å². The normalized spacial score (nSPS) is 24.4. The van der Waals surface area contributed by atoms with E-state index in [0.717, 1.165) is 31.5 Å². The average molecular weight is 319 g/mol. The van der Waals surface area contributed by atoms with Crippen molar-refractivity contribution in [2.24, 2.45) is 0 Å². The SMILES string of the molecule is COC(=O)N1CCN2C(C#Cc3cccc(Cl)c3)CCC2C1. The molecule has 1 aromatic carbocycles. The first-order valence-electron chi connectivity index (χ1n) is 7.53. The Labute approximate surface area is 136 Å². The maximum absolute atomic E-state index is 11.6. The highest BCUT2D eigenvalue weighted by atomic mass is 35.5. The number of carbonyl (C=O) groups excluding carboxylic acids is 1. The first kappa shape index (κ1) is 15.2. The zero-order valence-corrected chi connectivity index (χ0v) is 13.3. The molecule has 0 saturated carbocycles. The molecule has 0 aliphatic carbocycles. The molecule has 1 amide bonds. The van der Waals surface area contributed by atoms with Crippen LogP contribution in [-0.4, -0.2) is 54.7 Å². The number of piperazine rings is 1. The van der Waals surface area contributed by atoms with Crippen LogP contribution in [0.5, 0.6) is 0 Å². The van der Waals surface area contributed by atoms with Crippen molar-refractivity contribution in [3.8, 4) is 11.8 Å². The summed E-state index contributed by atoms with van der Waals surface area (Å²) in [6, 6.07) is 8.29. The predicted octanol–water partition coefficient (Wildman–Crippen LogP) is 2.61. The van der Waals surface area contributed by atoms with Crippen molar-refractivity contribution in [1.82, 2.24) is 9.80 Å². The maximum Gasteiger partial charge on any atom is 0.409 e. The molecule has 2 saturated heterocycles. The molecule has 2 atom stereocenters. The Hall–Kier alpha value is -1.70. The molecule has 2 unspecified atom stereocenters. The van der Waals surface area contributed by atoms with Crippen molar-refractivity contribution >= 4 is 17.7 Å². The van der Waals surface area contributed by atoms with Gasteiger partial charge in [0.15, 0.2) is 0 Å². The highest BCUT2D eigenvalue weighted by Gasteiger charge is 2.38. The van der Waals surface area contributed by atoms with E-state index >= 15 is 0 Å². The van der Waals surface area contributed by atoms with E-state index < -0.39 is 0 Å². The van der Waals surface area contributed by atoms with Crippen LogP contribution >= 0.6 is 11.6 Å². The first-order chi connectivity index (χ1) is 10.7. The van der Waals surface area contributed by atoms with Crippen molar-refractivity contribution in [2.45, 2.75) is 24.9 Å². The highest BCUT2D eigenvalue weighted by molar-refractivity contribution is 6.30. The Kier molecular flexibility index (Phi) is 4.56. The number of hydrogen-bond acceptors (Lipinski definition) is 3. The van der Waals surface area contributed by atoms with Crippen molar-refractivity contribution in [2.75, 3.05) is 26.7 Å². The lowest BCUT2D eigenvalue weighted by molar-refractivity contribution is 0.0702. The largest absolute Gasteiger partial charge is 0.453 e. The van der Waals surface area contributed by atoms with Gasteiger partial charge in [-0.05, 0) is 31.0 Å². The van der Waals surface area contributed by atoms with Crippen LogP contribution in [0.1, 0.15) is 18.4 Å². The summed E-state index contributed by atoms with van der Waals surface area (Å²) in [5.74, 6) is 6.59. The van der Waals surface area contributed by atoms with E-state index in [4.69, 9.17) is 16.3 Å². The molecule has 0 bridgehead atoms. The smallest absolute Gasteiger partial charge is 0.409 e. The third kappa shape index (κ3) is 3.21. The fourth-order valence-corrected chi connectivity index (χ4v) is 3.43. The summed E-state index contributed by atoms with van der Waals surface area (Å²) in [5.41, 5.74) is 0.948. The van der Waals surface area contributed by atoms with Gasteiger partial charge in [-0.1, -0.05) is 29.5 Å². The molecule has 116 valence electrons. The molecule has 0 spiro atoms. The average Bonchev–Trinajstić information content (AvgIpc) is 2.94. The van der Waals surface area contributed by atoms with Crippen LogP contribution in [0.15, 0.2) is 24.3 Å². The van der Waals surface area contributed by atoms with Crippen molar-refractivity contribution in [3.63, 3.8) is 0 Å². The number of hydrogen-bond donors (Lipinski definition) is 0. The fraction of sp³-hybridized carbons (Fsp3) is 0.471. The van der Waals surface area contributed by atoms with E-state index in [-0.39, 0.29) is 12.1 Å². The van der Waals surface area contributed by atoms with Gasteiger partial charge < -0.3 is 9.64 Å². The van der Waals surface area contributed by atoms with Gasteiger partial charge in [0.25, 0.3) is 0 Å². The van der Waals surface area contributed by atoms with E-state index in [1.54, 1.807) is 4.90 Å². The number of benzene rings is 1.